The summed E-state index contributed by atoms with van der Waals surface area (Å²) in [7, 11) is 4.21. The third-order valence-electron chi connectivity index (χ3n) is 4.85. The summed E-state index contributed by atoms with van der Waals surface area (Å²) < 4.78 is 6.02. The van der Waals surface area contributed by atoms with Crippen LogP contribution in [0.5, 0.6) is 0 Å². The molecule has 122 valence electrons. The van der Waals surface area contributed by atoms with Crippen LogP contribution in [0, 0.1) is 0 Å². The van der Waals surface area contributed by atoms with Gasteiger partial charge in [-0.1, -0.05) is 0 Å². The van der Waals surface area contributed by atoms with E-state index in [4.69, 9.17) is 4.74 Å². The van der Waals surface area contributed by atoms with Crippen LogP contribution in [0.2, 0.25) is 0 Å². The van der Waals surface area contributed by atoms with Crippen molar-refractivity contribution in [3.8, 4) is 0 Å². The Bertz CT molecular complexity index is 393. The number of hydrogen-bond donors (Lipinski definition) is 2. The fourth-order valence-electron chi connectivity index (χ4n) is 3.73. The van der Waals surface area contributed by atoms with Crippen LogP contribution in [0.15, 0.2) is 0 Å². The number of rotatable bonds is 3. The Labute approximate surface area is 128 Å². The summed E-state index contributed by atoms with van der Waals surface area (Å²) >= 11 is 0. The van der Waals surface area contributed by atoms with Crippen molar-refractivity contribution in [1.29, 1.82) is 0 Å². The van der Waals surface area contributed by atoms with Crippen molar-refractivity contribution < 1.29 is 9.53 Å². The lowest BCUT2D eigenvalue weighted by atomic mass is 9.95. The topological polar surface area (TPSA) is 53.6 Å². The van der Waals surface area contributed by atoms with Crippen LogP contribution in [0.4, 0.5) is 4.79 Å². The number of carbonyl (C=O) groups is 1. The highest BCUT2D eigenvalue weighted by molar-refractivity contribution is 5.74. The van der Waals surface area contributed by atoms with Crippen LogP contribution in [-0.2, 0) is 4.74 Å². The molecule has 2 amide bonds. The van der Waals surface area contributed by atoms with Crippen LogP contribution >= 0.6 is 0 Å². The van der Waals surface area contributed by atoms with Crippen molar-refractivity contribution in [1.82, 2.24) is 15.5 Å². The van der Waals surface area contributed by atoms with E-state index in [0.717, 1.165) is 25.7 Å². The summed E-state index contributed by atoms with van der Waals surface area (Å²) in [6, 6.07) is 0.869. The lowest BCUT2D eigenvalue weighted by Gasteiger charge is -2.28. The molecule has 0 aromatic rings. The summed E-state index contributed by atoms with van der Waals surface area (Å²) in [5.41, 5.74) is -0.493. The second-order valence-electron chi connectivity index (χ2n) is 7.97. The molecule has 0 unspecified atom stereocenters. The molecule has 2 aliphatic rings. The smallest absolute Gasteiger partial charge is 0.315 e. The number of carbonyl (C=O) groups excluding carboxylic acids is 1. The lowest BCUT2D eigenvalue weighted by molar-refractivity contribution is -0.0690. The molecule has 1 heterocycles. The van der Waals surface area contributed by atoms with Gasteiger partial charge < -0.3 is 20.3 Å². The van der Waals surface area contributed by atoms with E-state index in [-0.39, 0.29) is 29.3 Å². The predicted octanol–water partition coefficient (Wildman–Crippen LogP) is 2.11. The van der Waals surface area contributed by atoms with E-state index in [1.165, 1.54) is 0 Å². The Kier molecular flexibility index (Phi) is 4.54. The SMILES string of the molecule is CN(C)[C@@H]1CC[C@@H](NC(=O)N[C@@H]2CC(C)(C)OC2(C)C)C1. The molecular formula is C16H31N3O2. The van der Waals surface area contributed by atoms with E-state index in [2.05, 4.69) is 43.5 Å². The first kappa shape index (κ1) is 16.6. The summed E-state index contributed by atoms with van der Waals surface area (Å²) in [5.74, 6) is 0. The van der Waals surface area contributed by atoms with Gasteiger partial charge >= 0.3 is 6.03 Å². The average molecular weight is 297 g/mol. The molecule has 2 N–H and O–H groups in total. The Hall–Kier alpha value is -0.810. The van der Waals surface area contributed by atoms with Crippen molar-refractivity contribution in [2.24, 2.45) is 0 Å². The number of hydrogen-bond acceptors (Lipinski definition) is 3. The van der Waals surface area contributed by atoms with Gasteiger partial charge in [-0.15, -0.1) is 0 Å². The summed E-state index contributed by atoms with van der Waals surface area (Å²) in [6.45, 7) is 8.24. The van der Waals surface area contributed by atoms with Crippen LogP contribution in [-0.4, -0.2) is 54.4 Å². The van der Waals surface area contributed by atoms with Gasteiger partial charge in [-0.25, -0.2) is 4.79 Å². The predicted molar refractivity (Wildman–Crippen MR) is 84.4 cm³/mol. The highest BCUT2D eigenvalue weighted by Crippen LogP contribution is 2.37. The molecule has 2 rings (SSSR count). The molecule has 5 nitrogen and oxygen atoms in total. The van der Waals surface area contributed by atoms with Gasteiger partial charge in [0.15, 0.2) is 0 Å². The third-order valence-corrected chi connectivity index (χ3v) is 4.85. The van der Waals surface area contributed by atoms with Crippen molar-refractivity contribution in [3.63, 3.8) is 0 Å². The van der Waals surface area contributed by atoms with Gasteiger partial charge in [0.1, 0.15) is 0 Å². The Morgan fingerprint density at radius 2 is 1.81 bits per heavy atom. The zero-order chi connectivity index (χ0) is 15.8. The average Bonchev–Trinajstić information content (AvgIpc) is 2.81. The molecule has 1 saturated carbocycles. The molecule has 1 aliphatic heterocycles. The third kappa shape index (κ3) is 4.10. The molecule has 1 saturated heterocycles. The van der Waals surface area contributed by atoms with Crippen molar-refractivity contribution in [2.75, 3.05) is 14.1 Å². The van der Waals surface area contributed by atoms with Crippen LogP contribution in [0.3, 0.4) is 0 Å². The first-order valence-corrected chi connectivity index (χ1v) is 8.03. The lowest BCUT2D eigenvalue weighted by Crippen LogP contribution is -2.51. The number of nitrogens with one attached hydrogen (secondary N) is 2. The van der Waals surface area contributed by atoms with E-state index >= 15 is 0 Å². The Morgan fingerprint density at radius 1 is 1.14 bits per heavy atom. The fourth-order valence-corrected chi connectivity index (χ4v) is 3.73. The molecule has 0 radical (unpaired) electrons. The van der Waals surface area contributed by atoms with E-state index in [1.54, 1.807) is 0 Å². The molecule has 3 atom stereocenters. The van der Waals surface area contributed by atoms with E-state index in [1.807, 2.05) is 13.8 Å². The van der Waals surface area contributed by atoms with Crippen LogP contribution in [0.1, 0.15) is 53.4 Å². The number of urea groups is 1. The standard InChI is InChI=1S/C16H31N3O2/c1-15(2)10-13(16(3,4)21-15)18-14(20)17-11-7-8-12(9-11)19(5)6/h11-13H,7-10H2,1-6H3,(H2,17,18,20)/t11-,12-,13-/m1/s1. The minimum absolute atomic E-state index is 0.0542. The van der Waals surface area contributed by atoms with E-state index < -0.39 is 0 Å². The highest BCUT2D eigenvalue weighted by atomic mass is 16.5. The molecule has 0 bridgehead atoms. The number of amides is 2. The van der Waals surface area contributed by atoms with Gasteiger partial charge in [-0.3, -0.25) is 0 Å². The minimum atomic E-state index is -0.317. The molecule has 0 spiro atoms. The second kappa shape index (κ2) is 5.76. The van der Waals surface area contributed by atoms with E-state index in [9.17, 15) is 4.79 Å². The second-order valence-corrected chi connectivity index (χ2v) is 7.97. The zero-order valence-electron chi connectivity index (χ0n) is 14.3. The maximum absolute atomic E-state index is 12.2. The van der Waals surface area contributed by atoms with Gasteiger partial charge in [0.25, 0.3) is 0 Å². The molecule has 1 aliphatic carbocycles. The van der Waals surface area contributed by atoms with Gasteiger partial charge in [0.2, 0.25) is 0 Å². The van der Waals surface area contributed by atoms with Gasteiger partial charge in [-0.05, 0) is 67.5 Å². The zero-order valence-corrected chi connectivity index (χ0v) is 14.3. The maximum Gasteiger partial charge on any atom is 0.315 e. The van der Waals surface area contributed by atoms with Crippen molar-refractivity contribution in [2.45, 2.75) is 82.7 Å². The highest BCUT2D eigenvalue weighted by Gasteiger charge is 2.46. The van der Waals surface area contributed by atoms with Crippen molar-refractivity contribution >= 4 is 6.03 Å². The molecule has 21 heavy (non-hydrogen) atoms. The Morgan fingerprint density at radius 3 is 2.29 bits per heavy atom. The molecular weight excluding hydrogens is 266 g/mol. The Balaban J connectivity index is 1.83. The summed E-state index contributed by atoms with van der Waals surface area (Å²) in [5, 5.41) is 6.23. The maximum atomic E-state index is 12.2. The first-order valence-electron chi connectivity index (χ1n) is 8.03. The van der Waals surface area contributed by atoms with Gasteiger partial charge in [0.05, 0.1) is 17.2 Å². The fraction of sp³-hybridized carbons (Fsp3) is 0.938. The quantitative estimate of drug-likeness (QED) is 0.839. The minimum Gasteiger partial charge on any atom is -0.367 e. The van der Waals surface area contributed by atoms with E-state index in [0.29, 0.717) is 6.04 Å². The molecule has 5 heteroatoms. The van der Waals surface area contributed by atoms with Crippen molar-refractivity contribution in [3.05, 3.63) is 0 Å². The van der Waals surface area contributed by atoms with Gasteiger partial charge in [-0.2, -0.15) is 0 Å². The summed E-state index contributed by atoms with van der Waals surface area (Å²) in [4.78, 5) is 14.5. The van der Waals surface area contributed by atoms with Crippen LogP contribution < -0.4 is 10.6 Å². The molecule has 0 aromatic carbocycles. The number of ether oxygens (including phenoxy) is 1. The monoisotopic (exact) mass is 297 g/mol. The molecule has 2 fully saturated rings. The summed E-state index contributed by atoms with van der Waals surface area (Å²) in [6.07, 6.45) is 4.10. The van der Waals surface area contributed by atoms with Gasteiger partial charge in [0, 0.05) is 12.1 Å². The molecule has 0 aromatic heterocycles. The van der Waals surface area contributed by atoms with Crippen LogP contribution in [0.25, 0.3) is 0 Å². The largest absolute Gasteiger partial charge is 0.367 e. The first-order chi connectivity index (χ1) is 9.59. The normalized spacial score (nSPS) is 34.1. The number of nitrogens with zero attached hydrogens (tertiary/aromatic N) is 1.